The van der Waals surface area contributed by atoms with Gasteiger partial charge in [0.1, 0.15) is 6.61 Å². The number of hydrogen-bond acceptors (Lipinski definition) is 5. The maximum absolute atomic E-state index is 10.9. The largest absolute Gasteiger partial charge is 0.493 e. The molecule has 1 rings (SSSR count). The molecule has 0 radical (unpaired) electrons. The normalized spacial score (nSPS) is 11.1. The molecule has 0 spiro atoms. The van der Waals surface area contributed by atoms with Crippen LogP contribution in [-0.4, -0.2) is 34.1 Å². The molecular weight excluding hydrogens is 230 g/mol. The van der Waals surface area contributed by atoms with Gasteiger partial charge in [-0.1, -0.05) is 0 Å². The van der Waals surface area contributed by atoms with Gasteiger partial charge in [-0.3, -0.25) is 0 Å². The Balaban J connectivity index is 2.67. The predicted octanol–water partition coefficient (Wildman–Crippen LogP) is 0.701. The van der Waals surface area contributed by atoms with Crippen molar-refractivity contribution in [2.75, 3.05) is 31.5 Å². The molecule has 5 nitrogen and oxygen atoms in total. The smallest absolute Gasteiger partial charge is 0.162 e. The van der Waals surface area contributed by atoms with E-state index in [2.05, 4.69) is 0 Å². The van der Waals surface area contributed by atoms with Crippen molar-refractivity contribution < 1.29 is 17.9 Å². The van der Waals surface area contributed by atoms with E-state index in [1.165, 1.54) is 7.11 Å². The summed E-state index contributed by atoms with van der Waals surface area (Å²) < 4.78 is 32.2. The van der Waals surface area contributed by atoms with Gasteiger partial charge in [-0.25, -0.2) is 8.42 Å². The van der Waals surface area contributed by atoms with Crippen molar-refractivity contribution in [2.45, 2.75) is 0 Å². The van der Waals surface area contributed by atoms with Gasteiger partial charge in [0.15, 0.2) is 21.3 Å². The summed E-state index contributed by atoms with van der Waals surface area (Å²) in [5.74, 6) is 0.953. The lowest BCUT2D eigenvalue weighted by Crippen LogP contribution is -2.12. The van der Waals surface area contributed by atoms with E-state index in [1.807, 2.05) is 0 Å². The molecule has 6 heteroatoms. The Morgan fingerprint density at radius 3 is 2.56 bits per heavy atom. The second kappa shape index (κ2) is 5.07. The van der Waals surface area contributed by atoms with Gasteiger partial charge in [-0.2, -0.15) is 0 Å². The molecule has 0 saturated carbocycles. The number of nitrogen functional groups attached to an aromatic ring is 1. The van der Waals surface area contributed by atoms with Gasteiger partial charge < -0.3 is 15.2 Å². The Hall–Kier alpha value is -1.43. The van der Waals surface area contributed by atoms with E-state index in [4.69, 9.17) is 15.2 Å². The number of benzene rings is 1. The van der Waals surface area contributed by atoms with Crippen LogP contribution in [0, 0.1) is 0 Å². The standard InChI is InChI=1S/C10H15NO4S/c1-14-10-7-8(11)3-4-9(10)15-5-6-16(2,12)13/h3-4,7H,5-6,11H2,1-2H3. The lowest BCUT2D eigenvalue weighted by Gasteiger charge is -2.10. The summed E-state index contributed by atoms with van der Waals surface area (Å²) in [5, 5.41) is 0. The topological polar surface area (TPSA) is 78.6 Å². The maximum Gasteiger partial charge on any atom is 0.162 e. The molecule has 0 saturated heterocycles. The minimum atomic E-state index is -3.01. The minimum absolute atomic E-state index is 0.0273. The monoisotopic (exact) mass is 245 g/mol. The third kappa shape index (κ3) is 3.98. The van der Waals surface area contributed by atoms with Crippen LogP contribution in [0.3, 0.4) is 0 Å². The number of sulfone groups is 1. The van der Waals surface area contributed by atoms with E-state index in [-0.39, 0.29) is 12.4 Å². The number of ether oxygens (including phenoxy) is 2. The van der Waals surface area contributed by atoms with Gasteiger partial charge in [-0.05, 0) is 12.1 Å². The molecule has 2 N–H and O–H groups in total. The minimum Gasteiger partial charge on any atom is -0.493 e. The van der Waals surface area contributed by atoms with Crippen LogP contribution in [0.1, 0.15) is 0 Å². The lowest BCUT2D eigenvalue weighted by atomic mass is 10.3. The van der Waals surface area contributed by atoms with Crippen LogP contribution in [0.5, 0.6) is 11.5 Å². The second-order valence-electron chi connectivity index (χ2n) is 3.39. The quantitative estimate of drug-likeness (QED) is 0.772. The van der Waals surface area contributed by atoms with Crippen molar-refractivity contribution in [3.63, 3.8) is 0 Å². The van der Waals surface area contributed by atoms with Gasteiger partial charge in [0.2, 0.25) is 0 Å². The van der Waals surface area contributed by atoms with Crippen molar-refractivity contribution >= 4 is 15.5 Å². The fourth-order valence-corrected chi connectivity index (χ4v) is 1.49. The molecule has 0 unspecified atom stereocenters. The van der Waals surface area contributed by atoms with Crippen molar-refractivity contribution in [2.24, 2.45) is 0 Å². The maximum atomic E-state index is 10.9. The zero-order chi connectivity index (χ0) is 12.2. The average molecular weight is 245 g/mol. The second-order valence-corrected chi connectivity index (χ2v) is 5.65. The van der Waals surface area contributed by atoms with Crippen LogP contribution in [0.2, 0.25) is 0 Å². The highest BCUT2D eigenvalue weighted by molar-refractivity contribution is 7.90. The zero-order valence-corrected chi connectivity index (χ0v) is 10.1. The number of hydrogen-bond donors (Lipinski definition) is 1. The van der Waals surface area contributed by atoms with Crippen LogP contribution in [0.15, 0.2) is 18.2 Å². The molecule has 0 amide bonds. The zero-order valence-electron chi connectivity index (χ0n) is 9.26. The van der Waals surface area contributed by atoms with Gasteiger partial charge in [0.05, 0.1) is 12.9 Å². The molecular formula is C10H15NO4S. The van der Waals surface area contributed by atoms with E-state index >= 15 is 0 Å². The van der Waals surface area contributed by atoms with Gasteiger partial charge >= 0.3 is 0 Å². The van der Waals surface area contributed by atoms with E-state index in [0.29, 0.717) is 17.2 Å². The highest BCUT2D eigenvalue weighted by atomic mass is 32.2. The fraction of sp³-hybridized carbons (Fsp3) is 0.400. The van der Waals surface area contributed by atoms with Crippen LogP contribution < -0.4 is 15.2 Å². The Kier molecular flexibility index (Phi) is 4.00. The van der Waals surface area contributed by atoms with Crippen molar-refractivity contribution in [3.05, 3.63) is 18.2 Å². The number of methoxy groups -OCH3 is 1. The van der Waals surface area contributed by atoms with Crippen molar-refractivity contribution in [3.8, 4) is 11.5 Å². The van der Waals surface area contributed by atoms with Crippen molar-refractivity contribution in [1.29, 1.82) is 0 Å². The molecule has 0 fully saturated rings. The highest BCUT2D eigenvalue weighted by Gasteiger charge is 2.07. The third-order valence-electron chi connectivity index (χ3n) is 1.90. The molecule has 0 heterocycles. The number of nitrogens with two attached hydrogens (primary N) is 1. The molecule has 0 atom stereocenters. The van der Waals surface area contributed by atoms with Gasteiger partial charge in [-0.15, -0.1) is 0 Å². The van der Waals surface area contributed by atoms with Gasteiger partial charge in [0, 0.05) is 18.0 Å². The summed E-state index contributed by atoms with van der Waals surface area (Å²) in [7, 11) is -1.51. The van der Waals surface area contributed by atoms with Crippen molar-refractivity contribution in [1.82, 2.24) is 0 Å². The lowest BCUT2D eigenvalue weighted by molar-refractivity contribution is 0.312. The molecule has 0 aromatic heterocycles. The predicted molar refractivity (Wildman–Crippen MR) is 62.6 cm³/mol. The third-order valence-corrected chi connectivity index (χ3v) is 2.81. The van der Waals surface area contributed by atoms with Gasteiger partial charge in [0.25, 0.3) is 0 Å². The molecule has 1 aromatic carbocycles. The highest BCUT2D eigenvalue weighted by Crippen LogP contribution is 2.28. The first-order valence-electron chi connectivity index (χ1n) is 4.66. The van der Waals surface area contributed by atoms with Crippen LogP contribution in [-0.2, 0) is 9.84 Å². The Morgan fingerprint density at radius 1 is 1.31 bits per heavy atom. The van der Waals surface area contributed by atoms with Crippen LogP contribution >= 0.6 is 0 Å². The summed E-state index contributed by atoms with van der Waals surface area (Å²) in [6, 6.07) is 4.94. The SMILES string of the molecule is COc1cc(N)ccc1OCCS(C)(=O)=O. The Labute approximate surface area is 95.1 Å². The summed E-state index contributed by atoms with van der Waals surface area (Å²) in [6.45, 7) is 0.0963. The summed E-state index contributed by atoms with van der Waals surface area (Å²) in [6.07, 6.45) is 1.16. The number of anilines is 1. The van der Waals surface area contributed by atoms with Crippen LogP contribution in [0.4, 0.5) is 5.69 Å². The Bertz CT molecular complexity index is 456. The molecule has 0 bridgehead atoms. The molecule has 0 aliphatic heterocycles. The fourth-order valence-electron chi connectivity index (χ4n) is 1.11. The summed E-state index contributed by atoms with van der Waals surface area (Å²) in [5.41, 5.74) is 6.13. The van der Waals surface area contributed by atoms with E-state index < -0.39 is 9.84 Å². The summed E-state index contributed by atoms with van der Waals surface area (Å²) >= 11 is 0. The molecule has 16 heavy (non-hydrogen) atoms. The Morgan fingerprint density at radius 2 is 2.00 bits per heavy atom. The summed E-state index contributed by atoms with van der Waals surface area (Å²) in [4.78, 5) is 0. The first-order chi connectivity index (χ1) is 7.42. The average Bonchev–Trinajstić information content (AvgIpc) is 2.18. The molecule has 1 aromatic rings. The first-order valence-corrected chi connectivity index (χ1v) is 6.72. The molecule has 90 valence electrons. The molecule has 0 aliphatic carbocycles. The number of rotatable bonds is 5. The van der Waals surface area contributed by atoms with E-state index in [9.17, 15) is 8.42 Å². The molecule has 0 aliphatic rings. The van der Waals surface area contributed by atoms with E-state index in [0.717, 1.165) is 6.26 Å². The van der Waals surface area contributed by atoms with E-state index in [1.54, 1.807) is 18.2 Å². The first kappa shape index (κ1) is 12.6. The van der Waals surface area contributed by atoms with Crippen LogP contribution in [0.25, 0.3) is 0 Å².